The van der Waals surface area contributed by atoms with Crippen LogP contribution in [0.5, 0.6) is 11.5 Å². The first-order valence-electron chi connectivity index (χ1n) is 8.36. The van der Waals surface area contributed by atoms with Crippen molar-refractivity contribution < 1.29 is 14.6 Å². The van der Waals surface area contributed by atoms with Crippen LogP contribution in [0.4, 0.5) is 0 Å². The Morgan fingerprint density at radius 3 is 2.28 bits per heavy atom. The number of para-hydroxylation sites is 2. The molecule has 2 N–H and O–H groups in total. The van der Waals surface area contributed by atoms with Crippen molar-refractivity contribution >= 4 is 17.7 Å². The van der Waals surface area contributed by atoms with E-state index in [0.717, 1.165) is 16.9 Å². The lowest BCUT2D eigenvalue weighted by Crippen LogP contribution is -2.43. The van der Waals surface area contributed by atoms with E-state index in [0.29, 0.717) is 17.9 Å². The first-order chi connectivity index (χ1) is 12.0. The summed E-state index contributed by atoms with van der Waals surface area (Å²) in [5, 5.41) is 13.4. The Hall–Kier alpha value is -1.98. The number of hydrogen-bond acceptors (Lipinski definition) is 4. The molecular formula is C20H23NO3S. The van der Waals surface area contributed by atoms with Gasteiger partial charge in [0.25, 0.3) is 0 Å². The van der Waals surface area contributed by atoms with Crippen LogP contribution in [0, 0.1) is 0 Å². The smallest absolute Gasteiger partial charge is 0.232 e. The summed E-state index contributed by atoms with van der Waals surface area (Å²) in [7, 11) is 0. The Morgan fingerprint density at radius 2 is 1.72 bits per heavy atom. The number of thioether (sulfide) groups is 1. The van der Waals surface area contributed by atoms with E-state index in [1.54, 1.807) is 18.7 Å². The van der Waals surface area contributed by atoms with E-state index >= 15 is 0 Å². The first kappa shape index (κ1) is 17.8. The number of hydrogen-bond donors (Lipinski definition) is 2. The number of aliphatic hydroxyl groups is 1. The van der Waals surface area contributed by atoms with Gasteiger partial charge in [-0.05, 0) is 37.5 Å². The fourth-order valence-electron chi connectivity index (χ4n) is 2.98. The quantitative estimate of drug-likeness (QED) is 0.830. The molecule has 0 radical (unpaired) electrons. The molecule has 25 heavy (non-hydrogen) atoms. The predicted octanol–water partition coefficient (Wildman–Crippen LogP) is 3.54. The molecule has 0 aliphatic carbocycles. The van der Waals surface area contributed by atoms with Crippen LogP contribution >= 0.6 is 11.8 Å². The summed E-state index contributed by atoms with van der Waals surface area (Å²) in [6.07, 6.45) is 2.64. The minimum Gasteiger partial charge on any atom is -0.457 e. The van der Waals surface area contributed by atoms with Crippen molar-refractivity contribution in [3.05, 3.63) is 59.7 Å². The molecular weight excluding hydrogens is 334 g/mol. The minimum absolute atomic E-state index is 0.118. The van der Waals surface area contributed by atoms with Crippen molar-refractivity contribution in [2.24, 2.45) is 0 Å². The summed E-state index contributed by atoms with van der Waals surface area (Å²) in [5.41, 5.74) is 0.785. The molecule has 1 unspecified atom stereocenters. The number of ether oxygens (including phenoxy) is 1. The van der Waals surface area contributed by atoms with Gasteiger partial charge >= 0.3 is 0 Å². The zero-order valence-corrected chi connectivity index (χ0v) is 15.3. The highest BCUT2D eigenvalue weighted by Gasteiger charge is 2.33. The Balaban J connectivity index is 1.83. The van der Waals surface area contributed by atoms with Crippen molar-refractivity contribution in [1.29, 1.82) is 0 Å². The second-order valence-corrected chi connectivity index (χ2v) is 7.55. The van der Waals surface area contributed by atoms with Crippen LogP contribution in [0.3, 0.4) is 0 Å². The molecule has 0 saturated carbocycles. The third-order valence-electron chi connectivity index (χ3n) is 4.43. The van der Waals surface area contributed by atoms with E-state index in [1.165, 1.54) is 0 Å². The number of nitrogens with one attached hydrogen (secondary N) is 1. The van der Waals surface area contributed by atoms with Gasteiger partial charge in [-0.25, -0.2) is 0 Å². The molecule has 0 spiro atoms. The third-order valence-corrected chi connectivity index (χ3v) is 5.04. The molecule has 0 aromatic heterocycles. The Kier molecular flexibility index (Phi) is 5.35. The Morgan fingerprint density at radius 1 is 1.16 bits per heavy atom. The van der Waals surface area contributed by atoms with Gasteiger partial charge in [-0.1, -0.05) is 36.4 Å². The average molecular weight is 357 g/mol. The lowest BCUT2D eigenvalue weighted by atomic mass is 9.87. The molecule has 2 aromatic rings. The molecule has 1 aliphatic rings. The second-order valence-electron chi connectivity index (χ2n) is 6.57. The van der Waals surface area contributed by atoms with Gasteiger partial charge in [-0.15, -0.1) is 0 Å². The van der Waals surface area contributed by atoms with Crippen molar-refractivity contribution in [2.45, 2.75) is 24.9 Å². The summed E-state index contributed by atoms with van der Waals surface area (Å²) in [4.78, 5) is 13.0. The van der Waals surface area contributed by atoms with Gasteiger partial charge in [0.15, 0.2) is 0 Å². The molecule has 2 aromatic carbocycles. The van der Waals surface area contributed by atoms with Gasteiger partial charge in [0, 0.05) is 17.7 Å². The molecule has 0 bridgehead atoms. The van der Waals surface area contributed by atoms with Crippen LogP contribution in [0.25, 0.3) is 0 Å². The zero-order valence-electron chi connectivity index (χ0n) is 14.5. The van der Waals surface area contributed by atoms with Crippen molar-refractivity contribution in [3.63, 3.8) is 0 Å². The fourth-order valence-corrected chi connectivity index (χ4v) is 3.63. The van der Waals surface area contributed by atoms with Crippen LogP contribution < -0.4 is 10.1 Å². The molecule has 1 heterocycles. The largest absolute Gasteiger partial charge is 0.457 e. The maximum absolute atomic E-state index is 13.0. The molecule has 5 heteroatoms. The van der Waals surface area contributed by atoms with Crippen molar-refractivity contribution in [3.8, 4) is 11.5 Å². The molecule has 1 amide bonds. The van der Waals surface area contributed by atoms with Gasteiger partial charge in [-0.2, -0.15) is 11.8 Å². The van der Waals surface area contributed by atoms with Crippen LogP contribution in [0.15, 0.2) is 48.5 Å². The summed E-state index contributed by atoms with van der Waals surface area (Å²) < 4.78 is 5.92. The maximum Gasteiger partial charge on any atom is 0.232 e. The number of carbonyl (C=O) groups is 1. The van der Waals surface area contributed by atoms with Gasteiger partial charge in [0.2, 0.25) is 5.91 Å². The molecule has 3 rings (SSSR count). The van der Waals surface area contributed by atoms with E-state index < -0.39 is 11.5 Å². The van der Waals surface area contributed by atoms with Gasteiger partial charge in [0.1, 0.15) is 11.5 Å². The van der Waals surface area contributed by atoms with Crippen molar-refractivity contribution in [1.82, 2.24) is 5.32 Å². The van der Waals surface area contributed by atoms with E-state index in [-0.39, 0.29) is 12.5 Å². The normalized spacial score (nSPS) is 15.5. The maximum atomic E-state index is 13.0. The number of fused-ring (bicyclic) bond motifs is 2. The fraction of sp³-hybridized carbons (Fsp3) is 0.350. The highest BCUT2D eigenvalue weighted by atomic mass is 32.2. The highest BCUT2D eigenvalue weighted by Crippen LogP contribution is 2.43. The number of amides is 1. The van der Waals surface area contributed by atoms with E-state index in [1.807, 2.05) is 54.8 Å². The van der Waals surface area contributed by atoms with Crippen molar-refractivity contribution in [2.75, 3.05) is 18.6 Å². The molecule has 0 fully saturated rings. The minimum atomic E-state index is -0.914. The Labute approximate surface area is 152 Å². The summed E-state index contributed by atoms with van der Waals surface area (Å²) in [6, 6.07) is 15.2. The van der Waals surface area contributed by atoms with E-state index in [4.69, 9.17) is 4.74 Å². The summed E-state index contributed by atoms with van der Waals surface area (Å²) in [6.45, 7) is 1.99. The third kappa shape index (κ3) is 3.99. The second kappa shape index (κ2) is 7.50. The summed E-state index contributed by atoms with van der Waals surface area (Å²) in [5.74, 6) is 1.71. The number of rotatable bonds is 6. The van der Waals surface area contributed by atoms with E-state index in [2.05, 4.69) is 5.32 Å². The lowest BCUT2D eigenvalue weighted by Gasteiger charge is -2.29. The number of benzene rings is 2. The Bertz CT molecular complexity index is 715. The monoisotopic (exact) mass is 357 g/mol. The van der Waals surface area contributed by atoms with Crippen LogP contribution in [0.1, 0.15) is 30.4 Å². The number of carbonyl (C=O) groups excluding carboxylic acids is 1. The topological polar surface area (TPSA) is 58.6 Å². The lowest BCUT2D eigenvalue weighted by molar-refractivity contribution is -0.123. The standard InChI is InChI=1S/C20H23NO3S/c1-20(23,11-12-25-2)13-21-19(22)18-14-7-3-5-9-16(14)24-17-10-6-4-8-15(17)18/h3-10,18,23H,11-13H2,1-2H3,(H,21,22). The predicted molar refractivity (Wildman–Crippen MR) is 101 cm³/mol. The SMILES string of the molecule is CSCCC(C)(O)CNC(=O)C1c2ccccc2Oc2ccccc21. The molecule has 1 atom stereocenters. The summed E-state index contributed by atoms with van der Waals surface area (Å²) >= 11 is 1.68. The van der Waals surface area contributed by atoms with Crippen LogP contribution in [-0.2, 0) is 4.79 Å². The molecule has 132 valence electrons. The zero-order chi connectivity index (χ0) is 17.9. The van der Waals surface area contributed by atoms with E-state index in [9.17, 15) is 9.90 Å². The van der Waals surface area contributed by atoms with Gasteiger partial charge in [0.05, 0.1) is 11.5 Å². The van der Waals surface area contributed by atoms with Crippen LogP contribution in [-0.4, -0.2) is 35.2 Å². The van der Waals surface area contributed by atoms with Gasteiger partial charge < -0.3 is 15.2 Å². The molecule has 0 saturated heterocycles. The average Bonchev–Trinajstić information content (AvgIpc) is 2.62. The first-order valence-corrected chi connectivity index (χ1v) is 9.76. The van der Waals surface area contributed by atoms with Crippen LogP contribution in [0.2, 0.25) is 0 Å². The van der Waals surface area contributed by atoms with Gasteiger partial charge in [-0.3, -0.25) is 4.79 Å². The molecule has 1 aliphatic heterocycles. The highest BCUT2D eigenvalue weighted by molar-refractivity contribution is 7.98. The molecule has 4 nitrogen and oxygen atoms in total.